The quantitative estimate of drug-likeness (QED) is 0.811. The van der Waals surface area contributed by atoms with E-state index in [2.05, 4.69) is 11.2 Å². The molecule has 1 aromatic heterocycles. The maximum Gasteiger partial charge on any atom is 0.274 e. The molecule has 0 saturated carbocycles. The Morgan fingerprint density at radius 1 is 1.24 bits per heavy atom. The normalized spacial score (nSPS) is 10.5. The molecule has 0 aliphatic rings. The average Bonchev–Trinajstić information content (AvgIpc) is 2.61. The fraction of sp³-hybridized carbons (Fsp3) is 0.368. The van der Waals surface area contributed by atoms with Crippen molar-refractivity contribution in [3.8, 4) is 6.07 Å². The third-order valence-electron chi connectivity index (χ3n) is 3.84. The minimum atomic E-state index is -0.218. The highest BCUT2D eigenvalue weighted by Crippen LogP contribution is 2.13. The molecule has 6 heteroatoms. The summed E-state index contributed by atoms with van der Waals surface area (Å²) in [6, 6.07) is 12.1. The number of benzene rings is 1. The summed E-state index contributed by atoms with van der Waals surface area (Å²) < 4.78 is 1.33. The van der Waals surface area contributed by atoms with E-state index in [9.17, 15) is 9.59 Å². The monoisotopic (exact) mass is 338 g/mol. The topological polar surface area (TPSA) is 79.0 Å². The fourth-order valence-corrected chi connectivity index (χ4v) is 2.45. The van der Waals surface area contributed by atoms with E-state index in [0.717, 1.165) is 12.0 Å². The van der Waals surface area contributed by atoms with Gasteiger partial charge in [0.1, 0.15) is 5.69 Å². The van der Waals surface area contributed by atoms with Crippen LogP contribution < -0.4 is 5.56 Å². The largest absolute Gasteiger partial charge is 0.331 e. The van der Waals surface area contributed by atoms with Crippen molar-refractivity contribution in [2.24, 2.45) is 0 Å². The number of hydrogen-bond donors (Lipinski definition) is 0. The Hall–Kier alpha value is -2.94. The van der Waals surface area contributed by atoms with E-state index < -0.39 is 0 Å². The number of aryl methyl sites for hydroxylation is 1. The summed E-state index contributed by atoms with van der Waals surface area (Å²) in [5.74, 6) is -0.218. The van der Waals surface area contributed by atoms with E-state index in [4.69, 9.17) is 5.26 Å². The molecule has 25 heavy (non-hydrogen) atoms. The molecule has 0 aliphatic heterocycles. The molecule has 0 atom stereocenters. The van der Waals surface area contributed by atoms with Crippen LogP contribution in [0.15, 0.2) is 41.2 Å². The third-order valence-corrected chi connectivity index (χ3v) is 3.84. The van der Waals surface area contributed by atoms with Crippen molar-refractivity contribution in [2.75, 3.05) is 0 Å². The minimum Gasteiger partial charge on any atom is -0.331 e. The number of carbonyl (C=O) groups excluding carboxylic acids is 1. The summed E-state index contributed by atoms with van der Waals surface area (Å²) in [6.07, 6.45) is 0.768. The molecule has 0 aliphatic carbocycles. The highest BCUT2D eigenvalue weighted by atomic mass is 16.2. The molecule has 2 aromatic rings. The second-order valence-electron chi connectivity index (χ2n) is 6.12. The predicted octanol–water partition coefficient (Wildman–Crippen LogP) is 2.58. The van der Waals surface area contributed by atoms with Crippen LogP contribution in [0.4, 0.5) is 0 Å². The van der Waals surface area contributed by atoms with Gasteiger partial charge in [-0.05, 0) is 44.0 Å². The number of nitriles is 1. The van der Waals surface area contributed by atoms with Gasteiger partial charge in [0.15, 0.2) is 0 Å². The molecule has 1 amide bonds. The lowest BCUT2D eigenvalue weighted by molar-refractivity contribution is 0.0681. The second kappa shape index (κ2) is 8.25. The highest BCUT2D eigenvalue weighted by molar-refractivity contribution is 5.92. The Morgan fingerprint density at radius 2 is 1.92 bits per heavy atom. The summed E-state index contributed by atoms with van der Waals surface area (Å²) in [4.78, 5) is 26.4. The van der Waals surface area contributed by atoms with Crippen LogP contribution in [0.1, 0.15) is 48.8 Å². The molecular formula is C19H22N4O2. The summed E-state index contributed by atoms with van der Waals surface area (Å²) >= 11 is 0. The van der Waals surface area contributed by atoms with Crippen LogP contribution in [0.3, 0.4) is 0 Å². The maximum absolute atomic E-state index is 12.9. The molecule has 6 nitrogen and oxygen atoms in total. The summed E-state index contributed by atoms with van der Waals surface area (Å²) in [7, 11) is 0. The summed E-state index contributed by atoms with van der Waals surface area (Å²) in [6.45, 7) is 6.72. The molecule has 0 fully saturated rings. The lowest BCUT2D eigenvalue weighted by atomic mass is 10.1. The molecule has 1 heterocycles. The van der Waals surface area contributed by atoms with Crippen molar-refractivity contribution in [1.82, 2.24) is 14.7 Å². The van der Waals surface area contributed by atoms with Gasteiger partial charge in [0.05, 0.1) is 11.6 Å². The number of carbonyl (C=O) groups is 1. The van der Waals surface area contributed by atoms with Gasteiger partial charge in [-0.25, -0.2) is 4.68 Å². The van der Waals surface area contributed by atoms with Crippen molar-refractivity contribution in [3.63, 3.8) is 0 Å². The van der Waals surface area contributed by atoms with Gasteiger partial charge < -0.3 is 4.90 Å². The van der Waals surface area contributed by atoms with Crippen LogP contribution in [-0.2, 0) is 13.1 Å². The van der Waals surface area contributed by atoms with Crippen molar-refractivity contribution in [1.29, 1.82) is 5.26 Å². The zero-order valence-corrected chi connectivity index (χ0v) is 14.8. The molecule has 0 spiro atoms. The standard InChI is InChI=1S/C19H22N4O2/c1-4-11-23-18(24)10-9-17(21-23)19(25)22(14(2)3)13-16-7-5-15(12-20)6-8-16/h5-10,14H,4,11,13H2,1-3H3. The molecule has 2 rings (SSSR count). The third kappa shape index (κ3) is 4.54. The van der Waals surface area contributed by atoms with E-state index in [-0.39, 0.29) is 23.2 Å². The Kier molecular flexibility index (Phi) is 6.07. The van der Waals surface area contributed by atoms with Gasteiger partial charge in [0.25, 0.3) is 11.5 Å². The smallest absolute Gasteiger partial charge is 0.274 e. The average molecular weight is 338 g/mol. The maximum atomic E-state index is 12.9. The van der Waals surface area contributed by atoms with Gasteiger partial charge in [0, 0.05) is 25.2 Å². The molecular weight excluding hydrogens is 316 g/mol. The Bertz CT molecular complexity index is 832. The fourth-order valence-electron chi connectivity index (χ4n) is 2.45. The van der Waals surface area contributed by atoms with Crippen LogP contribution in [0.2, 0.25) is 0 Å². The number of hydrogen-bond acceptors (Lipinski definition) is 4. The van der Waals surface area contributed by atoms with Gasteiger partial charge in [-0.1, -0.05) is 19.1 Å². The van der Waals surface area contributed by atoms with E-state index >= 15 is 0 Å². The lowest BCUT2D eigenvalue weighted by Gasteiger charge is -2.26. The SMILES string of the molecule is CCCn1nc(C(=O)N(Cc2ccc(C#N)cc2)C(C)C)ccc1=O. The number of nitrogens with zero attached hydrogens (tertiary/aromatic N) is 4. The molecule has 0 N–H and O–H groups in total. The van der Waals surface area contributed by atoms with Crippen molar-refractivity contribution >= 4 is 5.91 Å². The Labute approximate surface area is 147 Å². The van der Waals surface area contributed by atoms with Gasteiger partial charge in [-0.3, -0.25) is 9.59 Å². The first-order valence-corrected chi connectivity index (χ1v) is 8.34. The van der Waals surface area contributed by atoms with Gasteiger partial charge in [-0.15, -0.1) is 0 Å². The first kappa shape index (κ1) is 18.4. The van der Waals surface area contributed by atoms with E-state index in [1.165, 1.54) is 16.8 Å². The van der Waals surface area contributed by atoms with E-state index in [1.54, 1.807) is 17.0 Å². The Morgan fingerprint density at radius 3 is 2.48 bits per heavy atom. The molecule has 0 radical (unpaired) electrons. The molecule has 130 valence electrons. The van der Waals surface area contributed by atoms with Crippen LogP contribution in [0.5, 0.6) is 0 Å². The molecule has 0 unspecified atom stereocenters. The minimum absolute atomic E-state index is 0.0310. The summed E-state index contributed by atoms with van der Waals surface area (Å²) in [5, 5.41) is 13.1. The predicted molar refractivity (Wildman–Crippen MR) is 95.0 cm³/mol. The first-order valence-electron chi connectivity index (χ1n) is 8.34. The van der Waals surface area contributed by atoms with Gasteiger partial charge >= 0.3 is 0 Å². The zero-order valence-electron chi connectivity index (χ0n) is 14.8. The lowest BCUT2D eigenvalue weighted by Crippen LogP contribution is -2.38. The van der Waals surface area contributed by atoms with Crippen molar-refractivity contribution < 1.29 is 4.79 Å². The van der Waals surface area contributed by atoms with Gasteiger partial charge in [-0.2, -0.15) is 10.4 Å². The molecule has 0 bridgehead atoms. The van der Waals surface area contributed by atoms with Gasteiger partial charge in [0.2, 0.25) is 0 Å². The second-order valence-corrected chi connectivity index (χ2v) is 6.12. The van der Waals surface area contributed by atoms with Crippen LogP contribution in [0.25, 0.3) is 0 Å². The summed E-state index contributed by atoms with van der Waals surface area (Å²) in [5.41, 5.74) is 1.57. The number of aromatic nitrogens is 2. The van der Waals surface area contributed by atoms with Crippen LogP contribution >= 0.6 is 0 Å². The van der Waals surface area contributed by atoms with Crippen LogP contribution in [0, 0.1) is 11.3 Å². The van der Waals surface area contributed by atoms with Crippen molar-refractivity contribution in [3.05, 3.63) is 63.6 Å². The molecule has 1 aromatic carbocycles. The number of amides is 1. The van der Waals surface area contributed by atoms with E-state index in [1.807, 2.05) is 32.9 Å². The van der Waals surface area contributed by atoms with E-state index in [0.29, 0.717) is 18.7 Å². The zero-order chi connectivity index (χ0) is 18.4. The van der Waals surface area contributed by atoms with Crippen LogP contribution in [-0.4, -0.2) is 26.6 Å². The number of rotatable bonds is 6. The highest BCUT2D eigenvalue weighted by Gasteiger charge is 2.21. The van der Waals surface area contributed by atoms with Crippen molar-refractivity contribution in [2.45, 2.75) is 46.3 Å². The first-order chi connectivity index (χ1) is 12.0. The Balaban J connectivity index is 2.27. The molecule has 0 saturated heterocycles.